The van der Waals surface area contributed by atoms with Gasteiger partial charge in [0.2, 0.25) is 0 Å². The number of hydrogen-bond acceptors (Lipinski definition) is 2. The average molecular weight is 370 g/mol. The smallest absolute Gasteiger partial charge is 0.333 e. The van der Waals surface area contributed by atoms with Gasteiger partial charge in [0.05, 0.1) is 11.4 Å². The van der Waals surface area contributed by atoms with E-state index < -0.39 is 30.8 Å². The topological polar surface area (TPSA) is 6.48 Å². The molecule has 1 aliphatic heterocycles. The van der Waals surface area contributed by atoms with Gasteiger partial charge < -0.3 is 8.01 Å². The highest BCUT2D eigenvalue weighted by Crippen LogP contribution is 2.42. The van der Waals surface area contributed by atoms with Crippen molar-refractivity contribution >= 4 is 36.0 Å². The van der Waals surface area contributed by atoms with E-state index in [1.54, 1.807) is 10.2 Å². The van der Waals surface area contributed by atoms with Gasteiger partial charge in [0.1, 0.15) is 0 Å². The third-order valence-electron chi connectivity index (χ3n) is 3.02. The van der Waals surface area contributed by atoms with Crippen LogP contribution in [-0.2, 0) is 0 Å². The van der Waals surface area contributed by atoms with Gasteiger partial charge in [0, 0.05) is 35.1 Å². The summed E-state index contributed by atoms with van der Waals surface area (Å²) in [5, 5.41) is 0. The van der Waals surface area contributed by atoms with Gasteiger partial charge in [-0.25, -0.2) is 0 Å². The average Bonchev–Trinajstić information content (AvgIpc) is 2.24. The number of alkyl halides is 3. The summed E-state index contributed by atoms with van der Waals surface area (Å²) in [6, 6.07) is 3.80. The number of nitrogens with zero attached hydrogens (tertiary/aromatic N) is 2. The van der Waals surface area contributed by atoms with Crippen LogP contribution >= 0.6 is 21.0 Å². The van der Waals surface area contributed by atoms with Crippen molar-refractivity contribution in [2.24, 2.45) is 0 Å². The monoisotopic (exact) mass is 370 g/mol. The molecule has 0 amide bonds. The van der Waals surface area contributed by atoms with Crippen LogP contribution in [0.15, 0.2) is 12.1 Å². The summed E-state index contributed by atoms with van der Waals surface area (Å²) in [4.78, 5) is 1.30. The van der Waals surface area contributed by atoms with E-state index >= 15 is 0 Å². The molecule has 1 aliphatic rings. The van der Waals surface area contributed by atoms with Crippen molar-refractivity contribution in [2.75, 3.05) is 22.1 Å². The van der Waals surface area contributed by atoms with Crippen molar-refractivity contribution < 1.29 is 13.2 Å². The molecular weight excluding hydrogens is 356 g/mol. The van der Waals surface area contributed by atoms with Crippen molar-refractivity contribution in [3.05, 3.63) is 23.3 Å². The fourth-order valence-electron chi connectivity index (χ4n) is 1.87. The third-order valence-corrected chi connectivity index (χ3v) is 6.06. The number of halogens is 4. The van der Waals surface area contributed by atoms with Gasteiger partial charge in [-0.05, 0) is 37.1 Å². The largest absolute Gasteiger partial charge is 0.438 e. The molecule has 0 saturated carbocycles. The van der Waals surface area contributed by atoms with Crippen LogP contribution in [0.2, 0.25) is 0 Å². The Morgan fingerprint density at radius 1 is 1.00 bits per heavy atom. The van der Waals surface area contributed by atoms with Crippen LogP contribution in [0.5, 0.6) is 0 Å². The molecule has 0 spiro atoms. The second kappa shape index (κ2) is 4.40. The molecule has 0 saturated heterocycles. The molecule has 100 valence electrons. The Kier molecular flexibility index (Phi) is 3.33. The molecule has 2 nitrogen and oxygen atoms in total. The van der Waals surface area contributed by atoms with Crippen LogP contribution in [-0.4, -0.2) is 23.9 Å². The van der Waals surface area contributed by atoms with Gasteiger partial charge in [-0.15, -0.1) is 0 Å². The first-order valence-electron chi connectivity index (χ1n) is 5.39. The first-order valence-corrected chi connectivity index (χ1v) is 7.44. The number of anilines is 2. The van der Waals surface area contributed by atoms with Crippen molar-refractivity contribution in [3.63, 3.8) is 0 Å². The Bertz CT molecular complexity index is 523. The minimum atomic E-state index is -4.24. The molecule has 6 heteroatoms. The molecule has 0 N–H and O–H groups in total. The predicted octanol–water partition coefficient (Wildman–Crippen LogP) is 3.77. The van der Waals surface area contributed by atoms with Crippen molar-refractivity contribution in [1.29, 1.82) is 0 Å². The Hall–Kier alpha value is -0.790. The summed E-state index contributed by atoms with van der Waals surface area (Å²) in [7, 11) is 3.24. The first-order chi connectivity index (χ1) is 8.21. The summed E-state index contributed by atoms with van der Waals surface area (Å²) in [5.74, 6) is 0. The number of aryl methyl sites for hydroxylation is 2. The van der Waals surface area contributed by atoms with E-state index in [-0.39, 0.29) is 0 Å². The van der Waals surface area contributed by atoms with Gasteiger partial charge >= 0.3 is 6.18 Å². The molecule has 2 rings (SSSR count). The number of benzene rings is 1. The van der Waals surface area contributed by atoms with E-state index in [1.807, 2.05) is 26.0 Å². The Morgan fingerprint density at radius 3 is 2.00 bits per heavy atom. The predicted molar refractivity (Wildman–Crippen MR) is 77.8 cm³/mol. The van der Waals surface area contributed by atoms with Crippen molar-refractivity contribution in [1.82, 2.24) is 0 Å². The molecule has 0 aliphatic carbocycles. The molecule has 1 aromatic rings. The van der Waals surface area contributed by atoms with E-state index in [0.717, 1.165) is 16.8 Å². The van der Waals surface area contributed by atoms with Gasteiger partial charge in [-0.1, -0.05) is 0 Å². The quantitative estimate of drug-likeness (QED) is 0.507. The highest BCUT2D eigenvalue weighted by Gasteiger charge is 2.41. The van der Waals surface area contributed by atoms with E-state index in [2.05, 4.69) is 0 Å². The normalized spacial score (nSPS) is 16.1. The maximum atomic E-state index is 13.0. The highest BCUT2D eigenvalue weighted by atomic mass is 127. The standard InChI is InChI=1S/C12H14F3IN2/c1-7-5-9-10(6-8(7)2)18(4)16-11(17(9)3)12(13,14)15/h5-6H,1-4H3. The van der Waals surface area contributed by atoms with Crippen LogP contribution in [0.25, 0.3) is 0 Å². The van der Waals surface area contributed by atoms with Crippen LogP contribution in [0.4, 0.5) is 24.5 Å². The van der Waals surface area contributed by atoms with Gasteiger partial charge in [0.15, 0.2) is 3.63 Å². The Morgan fingerprint density at radius 2 is 1.50 bits per heavy atom. The lowest BCUT2D eigenvalue weighted by Crippen LogP contribution is -2.40. The maximum Gasteiger partial charge on any atom is 0.438 e. The fourth-order valence-corrected chi connectivity index (χ4v) is 4.06. The minimum absolute atomic E-state index is 0.417. The summed E-state index contributed by atoms with van der Waals surface area (Å²) in [6.45, 7) is 3.89. The maximum absolute atomic E-state index is 13.0. The zero-order chi connectivity index (χ0) is 13.7. The van der Waals surface area contributed by atoms with E-state index in [4.69, 9.17) is 0 Å². The van der Waals surface area contributed by atoms with Crippen LogP contribution in [0.3, 0.4) is 0 Å². The zero-order valence-corrected chi connectivity index (χ0v) is 12.7. The van der Waals surface area contributed by atoms with Crippen LogP contribution < -0.4 is 8.01 Å². The Balaban J connectivity index is 2.58. The third kappa shape index (κ3) is 2.22. The molecular formula is C12H14F3IN2. The molecule has 1 aromatic carbocycles. The van der Waals surface area contributed by atoms with E-state index in [9.17, 15) is 13.2 Å². The van der Waals surface area contributed by atoms with Gasteiger partial charge in [-0.3, -0.25) is 0 Å². The summed E-state index contributed by atoms with van der Waals surface area (Å²) >= 11 is -1.20. The van der Waals surface area contributed by atoms with Crippen LogP contribution in [0.1, 0.15) is 11.1 Å². The molecule has 0 fully saturated rings. The van der Waals surface area contributed by atoms with E-state index in [1.165, 1.54) is 11.9 Å². The SMILES string of the molecule is Cc1cc2c(cc1C)N(C)C(C(F)(F)F)=IN2C. The molecule has 0 unspecified atom stereocenters. The van der Waals surface area contributed by atoms with Crippen molar-refractivity contribution in [3.8, 4) is 0 Å². The summed E-state index contributed by atoms with van der Waals surface area (Å²) in [6.07, 6.45) is -4.24. The molecule has 0 atom stereocenters. The molecule has 0 aromatic heterocycles. The summed E-state index contributed by atoms with van der Waals surface area (Å²) < 4.78 is 40.2. The second-order valence-electron chi connectivity index (χ2n) is 4.33. The number of rotatable bonds is 0. The number of hydrogen-bond donors (Lipinski definition) is 0. The summed E-state index contributed by atoms with van der Waals surface area (Å²) in [5.41, 5.74) is 3.64. The van der Waals surface area contributed by atoms with Gasteiger partial charge in [0.25, 0.3) is 0 Å². The number of fused-ring (bicyclic) bond motifs is 1. The Labute approximate surface area is 114 Å². The molecule has 18 heavy (non-hydrogen) atoms. The van der Waals surface area contributed by atoms with Crippen molar-refractivity contribution in [2.45, 2.75) is 20.0 Å². The lowest BCUT2D eigenvalue weighted by Gasteiger charge is -2.34. The lowest BCUT2D eigenvalue weighted by molar-refractivity contribution is -0.0570. The molecule has 0 radical (unpaired) electrons. The minimum Gasteiger partial charge on any atom is -0.333 e. The molecule has 0 bridgehead atoms. The molecule has 1 heterocycles. The van der Waals surface area contributed by atoms with E-state index in [0.29, 0.717) is 5.69 Å². The fraction of sp³-hybridized carbons (Fsp3) is 0.417. The van der Waals surface area contributed by atoms with Crippen LogP contribution in [0, 0.1) is 13.8 Å². The lowest BCUT2D eigenvalue weighted by atomic mass is 10.1. The second-order valence-corrected chi connectivity index (χ2v) is 7.29. The highest BCUT2D eigenvalue weighted by molar-refractivity contribution is 14.2. The first kappa shape index (κ1) is 13.6. The van der Waals surface area contributed by atoms with Gasteiger partial charge in [-0.2, -0.15) is 13.2 Å². The zero-order valence-electron chi connectivity index (χ0n) is 10.6.